The predicted octanol–water partition coefficient (Wildman–Crippen LogP) is 14.9. The van der Waals surface area contributed by atoms with E-state index in [-0.39, 0.29) is 0 Å². The Morgan fingerprint density at radius 1 is 0.315 bits per heavy atom. The fourth-order valence-corrected chi connectivity index (χ4v) is 7.89. The van der Waals surface area contributed by atoms with Crippen LogP contribution >= 0.6 is 0 Å². The van der Waals surface area contributed by atoms with E-state index in [1.54, 1.807) is 0 Å². The summed E-state index contributed by atoms with van der Waals surface area (Å²) in [6.45, 7) is 0. The van der Waals surface area contributed by atoms with E-state index >= 15 is 0 Å². The molecule has 0 aliphatic heterocycles. The molecule has 0 radical (unpaired) electrons. The van der Waals surface area contributed by atoms with Crippen molar-refractivity contribution < 1.29 is 4.42 Å². The Morgan fingerprint density at radius 2 is 0.852 bits per heavy atom. The van der Waals surface area contributed by atoms with E-state index in [0.29, 0.717) is 0 Å². The van der Waals surface area contributed by atoms with Crippen LogP contribution in [0.4, 0.5) is 17.1 Å². The highest BCUT2D eigenvalue weighted by Crippen LogP contribution is 2.44. The molecule has 0 aliphatic carbocycles. The SMILES string of the molecule is c1ccc(-c2ccc(-c3ccc(N(c4ccc(-c5cccc6ccccc56)cc4)c4cccc5oc6ccccc6c45)cc3)cc2-c2ccccc2)cc1. The van der Waals surface area contributed by atoms with Gasteiger partial charge in [0.15, 0.2) is 0 Å². The van der Waals surface area contributed by atoms with Crippen molar-refractivity contribution in [2.45, 2.75) is 0 Å². The van der Waals surface area contributed by atoms with Crippen molar-refractivity contribution in [2.75, 3.05) is 4.90 Å². The molecule has 0 spiro atoms. The Kier molecular flexibility index (Phi) is 7.85. The summed E-state index contributed by atoms with van der Waals surface area (Å²) in [5, 5.41) is 4.69. The van der Waals surface area contributed by atoms with Crippen LogP contribution in [-0.4, -0.2) is 0 Å². The summed E-state index contributed by atoms with van der Waals surface area (Å²) in [5.41, 5.74) is 14.6. The van der Waals surface area contributed by atoms with E-state index < -0.39 is 0 Å². The molecule has 0 aliphatic rings. The number of anilines is 3. The van der Waals surface area contributed by atoms with E-state index in [4.69, 9.17) is 4.42 Å². The molecule has 0 fully saturated rings. The lowest BCUT2D eigenvalue weighted by Crippen LogP contribution is -2.10. The molecule has 1 aromatic heterocycles. The maximum absolute atomic E-state index is 6.37. The Labute approximate surface area is 314 Å². The highest BCUT2D eigenvalue weighted by molar-refractivity contribution is 6.13. The first-order valence-electron chi connectivity index (χ1n) is 18.4. The van der Waals surface area contributed by atoms with Gasteiger partial charge >= 0.3 is 0 Å². The zero-order valence-corrected chi connectivity index (χ0v) is 29.6. The van der Waals surface area contributed by atoms with Crippen LogP contribution < -0.4 is 4.90 Å². The summed E-state index contributed by atoms with van der Waals surface area (Å²) in [4.78, 5) is 2.36. The molecule has 2 nitrogen and oxygen atoms in total. The van der Waals surface area contributed by atoms with Crippen molar-refractivity contribution in [1.82, 2.24) is 0 Å². The van der Waals surface area contributed by atoms with E-state index in [2.05, 4.69) is 205 Å². The van der Waals surface area contributed by atoms with Crippen LogP contribution in [0, 0.1) is 0 Å². The van der Waals surface area contributed by atoms with Gasteiger partial charge in [0.1, 0.15) is 11.2 Å². The van der Waals surface area contributed by atoms with Crippen molar-refractivity contribution in [3.63, 3.8) is 0 Å². The molecular weight excluding hydrogens is 655 g/mol. The molecule has 0 saturated carbocycles. The van der Waals surface area contributed by atoms with Gasteiger partial charge in [0.2, 0.25) is 0 Å². The number of benzene rings is 9. The van der Waals surface area contributed by atoms with Crippen LogP contribution in [0.5, 0.6) is 0 Å². The molecule has 10 rings (SSSR count). The van der Waals surface area contributed by atoms with Crippen molar-refractivity contribution in [3.8, 4) is 44.5 Å². The first-order chi connectivity index (χ1) is 26.8. The van der Waals surface area contributed by atoms with Crippen LogP contribution in [0.15, 0.2) is 217 Å². The molecule has 9 aromatic carbocycles. The summed E-state index contributed by atoms with van der Waals surface area (Å²) in [5.74, 6) is 0. The van der Waals surface area contributed by atoms with E-state index in [1.807, 2.05) is 12.1 Å². The third-order valence-corrected chi connectivity index (χ3v) is 10.5. The molecule has 10 aromatic rings. The lowest BCUT2D eigenvalue weighted by Gasteiger charge is -2.27. The van der Waals surface area contributed by atoms with Gasteiger partial charge in [-0.05, 0) is 104 Å². The van der Waals surface area contributed by atoms with Crippen molar-refractivity contribution >= 4 is 49.8 Å². The molecule has 0 N–H and O–H groups in total. The molecule has 0 bridgehead atoms. The third kappa shape index (κ3) is 5.62. The molecule has 254 valence electrons. The van der Waals surface area contributed by atoms with Gasteiger partial charge in [-0.1, -0.05) is 164 Å². The second-order valence-electron chi connectivity index (χ2n) is 13.7. The Balaban J connectivity index is 1.09. The van der Waals surface area contributed by atoms with Gasteiger partial charge in [-0.15, -0.1) is 0 Å². The minimum Gasteiger partial charge on any atom is -0.456 e. The summed E-state index contributed by atoms with van der Waals surface area (Å²) >= 11 is 0. The summed E-state index contributed by atoms with van der Waals surface area (Å²) in [6, 6.07) is 75.8. The molecule has 54 heavy (non-hydrogen) atoms. The van der Waals surface area contributed by atoms with Crippen LogP contribution in [0.1, 0.15) is 0 Å². The first-order valence-corrected chi connectivity index (χ1v) is 18.4. The minimum atomic E-state index is 0.870. The van der Waals surface area contributed by atoms with Crippen molar-refractivity contribution in [2.24, 2.45) is 0 Å². The number of rotatable bonds is 7. The maximum Gasteiger partial charge on any atom is 0.137 e. The quantitative estimate of drug-likeness (QED) is 0.166. The zero-order valence-electron chi connectivity index (χ0n) is 29.6. The van der Waals surface area contributed by atoms with E-state index in [9.17, 15) is 0 Å². The standard InChI is InChI=1S/C52H35NO/c1-3-13-37(14-4-1)46-34-29-41(35-48(46)39-15-5-2-6-16-39)36-25-30-42(31-26-36)53(49-22-12-24-51-52(49)47-20-9-10-23-50(47)54-51)43-32-27-40(28-33-43)45-21-11-18-38-17-7-8-19-44(38)45/h1-35H. The topological polar surface area (TPSA) is 16.4 Å². The Morgan fingerprint density at radius 3 is 1.59 bits per heavy atom. The van der Waals surface area contributed by atoms with Crippen LogP contribution in [0.25, 0.3) is 77.2 Å². The highest BCUT2D eigenvalue weighted by atomic mass is 16.3. The highest BCUT2D eigenvalue weighted by Gasteiger charge is 2.20. The van der Waals surface area contributed by atoms with Crippen molar-refractivity contribution in [1.29, 1.82) is 0 Å². The van der Waals surface area contributed by atoms with Gasteiger partial charge < -0.3 is 9.32 Å². The monoisotopic (exact) mass is 689 g/mol. The van der Waals surface area contributed by atoms with Gasteiger partial charge in [0.25, 0.3) is 0 Å². The number of furan rings is 1. The van der Waals surface area contributed by atoms with E-state index in [0.717, 1.165) is 44.6 Å². The molecule has 0 unspecified atom stereocenters. The summed E-state index contributed by atoms with van der Waals surface area (Å²) < 4.78 is 6.37. The maximum atomic E-state index is 6.37. The molecule has 0 atom stereocenters. The van der Waals surface area contributed by atoms with Crippen LogP contribution in [0.2, 0.25) is 0 Å². The van der Waals surface area contributed by atoms with E-state index in [1.165, 1.54) is 49.7 Å². The third-order valence-electron chi connectivity index (χ3n) is 10.5. The second kappa shape index (κ2) is 13.4. The largest absolute Gasteiger partial charge is 0.456 e. The molecule has 1 heterocycles. The van der Waals surface area contributed by atoms with Gasteiger partial charge in [-0.2, -0.15) is 0 Å². The zero-order chi connectivity index (χ0) is 35.8. The minimum absolute atomic E-state index is 0.870. The lowest BCUT2D eigenvalue weighted by atomic mass is 9.91. The predicted molar refractivity (Wildman–Crippen MR) is 228 cm³/mol. The number of hydrogen-bond donors (Lipinski definition) is 0. The van der Waals surface area contributed by atoms with Gasteiger partial charge in [-0.25, -0.2) is 0 Å². The Bertz CT molecular complexity index is 2900. The van der Waals surface area contributed by atoms with Gasteiger partial charge in [-0.3, -0.25) is 0 Å². The number of hydrogen-bond acceptors (Lipinski definition) is 2. The fraction of sp³-hybridized carbons (Fsp3) is 0. The van der Waals surface area contributed by atoms with Gasteiger partial charge in [0, 0.05) is 16.8 Å². The average Bonchev–Trinajstić information content (AvgIpc) is 3.64. The van der Waals surface area contributed by atoms with Gasteiger partial charge in [0.05, 0.1) is 11.1 Å². The number of nitrogens with zero attached hydrogens (tertiary/aromatic N) is 1. The number of para-hydroxylation sites is 1. The number of fused-ring (bicyclic) bond motifs is 4. The fourth-order valence-electron chi connectivity index (χ4n) is 7.89. The second-order valence-corrected chi connectivity index (χ2v) is 13.7. The Hall–Kier alpha value is -7.16. The smallest absolute Gasteiger partial charge is 0.137 e. The normalized spacial score (nSPS) is 11.3. The molecule has 0 amide bonds. The van der Waals surface area contributed by atoms with Crippen LogP contribution in [-0.2, 0) is 0 Å². The molecule has 2 heteroatoms. The van der Waals surface area contributed by atoms with Crippen LogP contribution in [0.3, 0.4) is 0 Å². The van der Waals surface area contributed by atoms with Crippen molar-refractivity contribution in [3.05, 3.63) is 212 Å². The molecule has 0 saturated heterocycles. The average molecular weight is 690 g/mol. The summed E-state index contributed by atoms with van der Waals surface area (Å²) in [6.07, 6.45) is 0. The summed E-state index contributed by atoms with van der Waals surface area (Å²) in [7, 11) is 0. The first kappa shape index (κ1) is 31.6. The molecular formula is C52H35NO. The lowest BCUT2D eigenvalue weighted by molar-refractivity contribution is 0.669.